The first kappa shape index (κ1) is 9.07. The number of hydrogen-bond donors (Lipinski definition) is 1. The Morgan fingerprint density at radius 3 is 2.83 bits per heavy atom. The van der Waals surface area contributed by atoms with Crippen LogP contribution in [0.3, 0.4) is 0 Å². The van der Waals surface area contributed by atoms with E-state index in [1.807, 2.05) is 0 Å². The molecule has 0 aliphatic carbocycles. The van der Waals surface area contributed by atoms with Gasteiger partial charge in [0, 0.05) is 17.5 Å². The Kier molecular flexibility index (Phi) is 3.11. The van der Waals surface area contributed by atoms with Crippen molar-refractivity contribution in [2.24, 2.45) is 0 Å². The van der Waals surface area contributed by atoms with Crippen LogP contribution in [-0.2, 0) is 0 Å². The molecule has 0 atom stereocenters. The number of phenols is 1. The zero-order valence-electron chi connectivity index (χ0n) is 6.30. The van der Waals surface area contributed by atoms with Crippen LogP contribution >= 0.6 is 11.6 Å². The molecule has 0 bridgehead atoms. The Labute approximate surface area is 75.1 Å². The molecular formula is C9H8ClFO. The van der Waals surface area contributed by atoms with Gasteiger partial charge in [-0.3, -0.25) is 0 Å². The summed E-state index contributed by atoms with van der Waals surface area (Å²) in [5.41, 5.74) is 0.424. The van der Waals surface area contributed by atoms with Crippen LogP contribution in [-0.4, -0.2) is 11.0 Å². The van der Waals surface area contributed by atoms with Gasteiger partial charge in [-0.15, -0.1) is 11.6 Å². The predicted molar refractivity (Wildman–Crippen MR) is 47.8 cm³/mol. The number of halogens is 2. The Bertz CT molecular complexity index is 297. The van der Waals surface area contributed by atoms with Gasteiger partial charge in [0.1, 0.15) is 11.6 Å². The topological polar surface area (TPSA) is 20.2 Å². The number of phenolic OH excluding ortho intramolecular Hbond substituents is 1. The molecule has 1 rings (SSSR count). The van der Waals surface area contributed by atoms with Gasteiger partial charge < -0.3 is 5.11 Å². The van der Waals surface area contributed by atoms with Gasteiger partial charge in [-0.2, -0.15) is 0 Å². The summed E-state index contributed by atoms with van der Waals surface area (Å²) in [4.78, 5) is 0. The van der Waals surface area contributed by atoms with Crippen molar-refractivity contribution in [3.63, 3.8) is 0 Å². The van der Waals surface area contributed by atoms with Crippen LogP contribution in [0.4, 0.5) is 4.39 Å². The largest absolute Gasteiger partial charge is 0.508 e. The minimum absolute atomic E-state index is 0.0736. The Hall–Kier alpha value is -1.02. The second-order valence-corrected chi connectivity index (χ2v) is 2.57. The number of rotatable bonds is 2. The van der Waals surface area contributed by atoms with Gasteiger partial charge in [-0.1, -0.05) is 12.2 Å². The van der Waals surface area contributed by atoms with Gasteiger partial charge in [-0.25, -0.2) is 4.39 Å². The maximum absolute atomic E-state index is 12.9. The quantitative estimate of drug-likeness (QED) is 0.705. The lowest BCUT2D eigenvalue weighted by Gasteiger charge is -1.96. The molecule has 0 saturated heterocycles. The fourth-order valence-corrected chi connectivity index (χ4v) is 0.912. The first-order valence-corrected chi connectivity index (χ1v) is 3.98. The van der Waals surface area contributed by atoms with Crippen molar-refractivity contribution in [1.82, 2.24) is 0 Å². The van der Waals surface area contributed by atoms with Gasteiger partial charge in [0.05, 0.1) is 0 Å². The summed E-state index contributed by atoms with van der Waals surface area (Å²) >= 11 is 5.38. The highest BCUT2D eigenvalue weighted by Gasteiger charge is 1.98. The lowest BCUT2D eigenvalue weighted by atomic mass is 10.2. The number of hydrogen-bond acceptors (Lipinski definition) is 1. The molecule has 0 saturated carbocycles. The summed E-state index contributed by atoms with van der Waals surface area (Å²) in [6, 6.07) is 3.98. The SMILES string of the molecule is Oc1ccc(C=CCCl)c(F)c1. The maximum Gasteiger partial charge on any atom is 0.134 e. The first-order chi connectivity index (χ1) is 5.74. The summed E-state index contributed by atoms with van der Waals surface area (Å²) in [5.74, 6) is -0.174. The minimum Gasteiger partial charge on any atom is -0.508 e. The van der Waals surface area contributed by atoms with Gasteiger partial charge in [0.15, 0.2) is 0 Å². The van der Waals surface area contributed by atoms with Crippen molar-refractivity contribution in [3.05, 3.63) is 35.7 Å². The molecule has 0 fully saturated rings. The van der Waals surface area contributed by atoms with E-state index in [1.54, 1.807) is 12.2 Å². The van der Waals surface area contributed by atoms with Crippen LogP contribution in [0.5, 0.6) is 5.75 Å². The fourth-order valence-electron chi connectivity index (χ4n) is 0.823. The van der Waals surface area contributed by atoms with E-state index in [4.69, 9.17) is 16.7 Å². The van der Waals surface area contributed by atoms with E-state index in [-0.39, 0.29) is 5.75 Å². The minimum atomic E-state index is -0.448. The number of benzene rings is 1. The number of aromatic hydroxyl groups is 1. The van der Waals surface area contributed by atoms with Crippen LogP contribution in [0.2, 0.25) is 0 Å². The van der Waals surface area contributed by atoms with E-state index in [0.29, 0.717) is 11.4 Å². The Morgan fingerprint density at radius 2 is 2.25 bits per heavy atom. The average Bonchev–Trinajstić information content (AvgIpc) is 2.03. The second kappa shape index (κ2) is 4.12. The van der Waals surface area contributed by atoms with Crippen LogP contribution in [0, 0.1) is 5.82 Å². The molecule has 0 unspecified atom stereocenters. The third-order valence-electron chi connectivity index (χ3n) is 1.37. The monoisotopic (exact) mass is 186 g/mol. The Balaban J connectivity index is 2.94. The van der Waals surface area contributed by atoms with E-state index >= 15 is 0 Å². The molecule has 0 aliphatic heterocycles. The second-order valence-electron chi connectivity index (χ2n) is 2.26. The van der Waals surface area contributed by atoms with Crippen molar-refractivity contribution >= 4 is 17.7 Å². The highest BCUT2D eigenvalue weighted by atomic mass is 35.5. The third-order valence-corrected chi connectivity index (χ3v) is 1.55. The van der Waals surface area contributed by atoms with Crippen molar-refractivity contribution in [2.75, 3.05) is 5.88 Å². The van der Waals surface area contributed by atoms with E-state index in [1.165, 1.54) is 12.1 Å². The first-order valence-electron chi connectivity index (χ1n) is 3.45. The highest BCUT2D eigenvalue weighted by molar-refractivity contribution is 6.19. The molecule has 0 aliphatic rings. The van der Waals surface area contributed by atoms with E-state index < -0.39 is 5.82 Å². The molecule has 0 amide bonds. The van der Waals surface area contributed by atoms with Gasteiger partial charge in [-0.05, 0) is 12.1 Å². The normalized spacial score (nSPS) is 10.8. The van der Waals surface area contributed by atoms with Crippen molar-refractivity contribution in [1.29, 1.82) is 0 Å². The van der Waals surface area contributed by atoms with Gasteiger partial charge in [0.25, 0.3) is 0 Å². The summed E-state index contributed by atoms with van der Waals surface area (Å²) in [7, 11) is 0. The predicted octanol–water partition coefficient (Wildman–Crippen LogP) is 2.78. The van der Waals surface area contributed by atoms with Gasteiger partial charge >= 0.3 is 0 Å². The van der Waals surface area contributed by atoms with Gasteiger partial charge in [0.2, 0.25) is 0 Å². The highest BCUT2D eigenvalue weighted by Crippen LogP contribution is 2.15. The molecule has 0 heterocycles. The molecular weight excluding hydrogens is 179 g/mol. The summed E-state index contributed by atoms with van der Waals surface area (Å²) in [5, 5.41) is 8.87. The van der Waals surface area contributed by atoms with Crippen LogP contribution in [0.25, 0.3) is 6.08 Å². The molecule has 12 heavy (non-hydrogen) atoms. The van der Waals surface area contributed by atoms with Crippen LogP contribution in [0.15, 0.2) is 24.3 Å². The number of allylic oxidation sites excluding steroid dienone is 1. The van der Waals surface area contributed by atoms with Crippen LogP contribution < -0.4 is 0 Å². The molecule has 1 aromatic carbocycles. The van der Waals surface area contributed by atoms with Crippen LogP contribution in [0.1, 0.15) is 5.56 Å². The molecule has 64 valence electrons. The molecule has 1 N–H and O–H groups in total. The molecule has 3 heteroatoms. The van der Waals surface area contributed by atoms with E-state index in [9.17, 15) is 4.39 Å². The van der Waals surface area contributed by atoms with E-state index in [2.05, 4.69) is 0 Å². The van der Waals surface area contributed by atoms with Crippen molar-refractivity contribution < 1.29 is 9.50 Å². The smallest absolute Gasteiger partial charge is 0.134 e. The molecule has 1 nitrogen and oxygen atoms in total. The average molecular weight is 187 g/mol. The lowest BCUT2D eigenvalue weighted by molar-refractivity contribution is 0.469. The van der Waals surface area contributed by atoms with Crippen molar-refractivity contribution in [2.45, 2.75) is 0 Å². The fraction of sp³-hybridized carbons (Fsp3) is 0.111. The lowest BCUT2D eigenvalue weighted by Crippen LogP contribution is -1.80. The summed E-state index contributed by atoms with van der Waals surface area (Å²) in [6.45, 7) is 0. The van der Waals surface area contributed by atoms with E-state index in [0.717, 1.165) is 6.07 Å². The zero-order valence-corrected chi connectivity index (χ0v) is 7.05. The van der Waals surface area contributed by atoms with Crippen molar-refractivity contribution in [3.8, 4) is 5.75 Å². The maximum atomic E-state index is 12.9. The molecule has 1 aromatic rings. The summed E-state index contributed by atoms with van der Waals surface area (Å²) < 4.78 is 12.9. The third kappa shape index (κ3) is 2.24. The Morgan fingerprint density at radius 1 is 1.50 bits per heavy atom. The molecule has 0 spiro atoms. The molecule has 0 aromatic heterocycles. The standard InChI is InChI=1S/C9H8ClFO/c10-5-1-2-7-3-4-8(12)6-9(7)11/h1-4,6,12H,5H2. The molecule has 0 radical (unpaired) electrons. The zero-order chi connectivity index (χ0) is 8.97. The summed E-state index contributed by atoms with van der Waals surface area (Å²) in [6.07, 6.45) is 3.21. The number of alkyl halides is 1.